The van der Waals surface area contributed by atoms with E-state index in [2.05, 4.69) is 10.2 Å². The van der Waals surface area contributed by atoms with E-state index in [4.69, 9.17) is 27.9 Å². The summed E-state index contributed by atoms with van der Waals surface area (Å²) in [5.41, 5.74) is 1.83. The van der Waals surface area contributed by atoms with Crippen LogP contribution < -0.4 is 0 Å². The van der Waals surface area contributed by atoms with E-state index >= 15 is 0 Å². The maximum absolute atomic E-state index is 12.1. The number of carbonyl (C=O) groups is 1. The molecule has 8 heteroatoms. The van der Waals surface area contributed by atoms with E-state index in [0.29, 0.717) is 34.0 Å². The molecule has 0 amide bonds. The van der Waals surface area contributed by atoms with Gasteiger partial charge in [0, 0.05) is 17.0 Å². The van der Waals surface area contributed by atoms with E-state index in [1.54, 1.807) is 12.1 Å². The second-order valence-electron chi connectivity index (χ2n) is 6.59. The molecule has 0 N–H and O–H groups in total. The highest BCUT2D eigenvalue weighted by Crippen LogP contribution is 2.35. The van der Waals surface area contributed by atoms with E-state index < -0.39 is 0 Å². The number of cyclic esters (lactones) is 1. The summed E-state index contributed by atoms with van der Waals surface area (Å²) in [7, 11) is 0. The van der Waals surface area contributed by atoms with Crippen LogP contribution >= 0.6 is 35.0 Å². The molecule has 1 aliphatic heterocycles. The molecule has 1 aromatic heterocycles. The van der Waals surface area contributed by atoms with E-state index in [9.17, 15) is 4.79 Å². The molecule has 1 aliphatic rings. The summed E-state index contributed by atoms with van der Waals surface area (Å²) in [6.07, 6.45) is 0.569. The maximum atomic E-state index is 12.1. The molecular formula is C20H17Cl2N3O2S. The summed E-state index contributed by atoms with van der Waals surface area (Å²) in [6, 6.07) is 15.3. The zero-order valence-electron chi connectivity index (χ0n) is 15.0. The maximum Gasteiger partial charge on any atom is 0.319 e. The van der Waals surface area contributed by atoms with Crippen LogP contribution in [0.4, 0.5) is 0 Å². The van der Waals surface area contributed by atoms with Crippen molar-refractivity contribution in [2.45, 2.75) is 36.4 Å². The van der Waals surface area contributed by atoms with Crippen molar-refractivity contribution in [3.05, 3.63) is 64.1 Å². The Morgan fingerprint density at radius 2 is 1.96 bits per heavy atom. The van der Waals surface area contributed by atoms with Crippen molar-refractivity contribution in [1.82, 2.24) is 14.8 Å². The van der Waals surface area contributed by atoms with Gasteiger partial charge in [-0.2, -0.15) is 0 Å². The zero-order valence-corrected chi connectivity index (χ0v) is 17.3. The minimum atomic E-state index is -0.290. The first-order chi connectivity index (χ1) is 13.5. The molecule has 28 heavy (non-hydrogen) atoms. The zero-order chi connectivity index (χ0) is 19.7. The molecule has 5 nitrogen and oxygen atoms in total. The summed E-state index contributed by atoms with van der Waals surface area (Å²) >= 11 is 13.8. The van der Waals surface area contributed by atoms with Gasteiger partial charge in [0.1, 0.15) is 11.4 Å². The highest BCUT2D eigenvalue weighted by Gasteiger charge is 2.34. The van der Waals surface area contributed by atoms with Crippen molar-refractivity contribution in [2.24, 2.45) is 0 Å². The van der Waals surface area contributed by atoms with Gasteiger partial charge in [-0.05, 0) is 30.7 Å². The Balaban J connectivity index is 1.74. The number of rotatable bonds is 5. The topological polar surface area (TPSA) is 57.0 Å². The lowest BCUT2D eigenvalue weighted by molar-refractivity contribution is -0.140. The summed E-state index contributed by atoms with van der Waals surface area (Å²) in [6.45, 7) is 2.45. The molecule has 4 rings (SSSR count). The predicted octanol–water partition coefficient (Wildman–Crippen LogP) is 5.10. The normalized spacial score (nSPS) is 19.0. The summed E-state index contributed by atoms with van der Waals surface area (Å²) in [5.74, 6) is 0.422. The molecule has 0 spiro atoms. The number of carbonyl (C=O) groups excluding carboxylic acids is 1. The molecule has 3 aromatic rings. The first-order valence-corrected chi connectivity index (χ1v) is 10.4. The lowest BCUT2D eigenvalue weighted by atomic mass is 10.2. The van der Waals surface area contributed by atoms with Crippen molar-refractivity contribution in [3.8, 4) is 11.4 Å². The Morgan fingerprint density at radius 3 is 2.64 bits per heavy atom. The summed E-state index contributed by atoms with van der Waals surface area (Å²) in [5, 5.41) is 10.1. The number of thioether (sulfide) groups is 1. The first-order valence-electron chi connectivity index (χ1n) is 8.81. The molecular weight excluding hydrogens is 417 g/mol. The van der Waals surface area contributed by atoms with Crippen LogP contribution in [0.2, 0.25) is 10.0 Å². The molecule has 0 radical (unpaired) electrons. The minimum Gasteiger partial charge on any atom is -0.462 e. The fourth-order valence-electron chi connectivity index (χ4n) is 3.10. The molecule has 0 saturated carbocycles. The number of ether oxygens (including phenoxy) is 1. The first kappa shape index (κ1) is 19.3. The Kier molecular flexibility index (Phi) is 5.62. The van der Waals surface area contributed by atoms with Crippen LogP contribution in [0.5, 0.6) is 0 Å². The fourth-order valence-corrected chi connectivity index (χ4v) is 4.73. The smallest absolute Gasteiger partial charge is 0.319 e. The molecule has 2 atom stereocenters. The second kappa shape index (κ2) is 8.15. The van der Waals surface area contributed by atoms with E-state index in [0.717, 1.165) is 11.1 Å². The van der Waals surface area contributed by atoms with Gasteiger partial charge in [0.25, 0.3) is 0 Å². The average Bonchev–Trinajstić information content (AvgIpc) is 3.19. The van der Waals surface area contributed by atoms with Gasteiger partial charge in [0.2, 0.25) is 0 Å². The van der Waals surface area contributed by atoms with Gasteiger partial charge in [0.15, 0.2) is 11.0 Å². The largest absolute Gasteiger partial charge is 0.462 e. The standard InChI is InChI=1S/C20H17Cl2N3O2S/c1-12-9-17(19(26)27-12)28-20-24-23-18(15-8-7-14(21)10-16(15)22)25(20)11-13-5-3-2-4-6-13/h2-8,10,12,17H,9,11H2,1H3/t12-,17+/m1/s1. The molecule has 144 valence electrons. The van der Waals surface area contributed by atoms with Gasteiger partial charge in [-0.25, -0.2) is 0 Å². The van der Waals surface area contributed by atoms with E-state index in [1.807, 2.05) is 47.9 Å². The minimum absolute atomic E-state index is 0.0827. The highest BCUT2D eigenvalue weighted by atomic mass is 35.5. The van der Waals surface area contributed by atoms with Crippen molar-refractivity contribution in [1.29, 1.82) is 0 Å². The molecule has 0 aliphatic carbocycles. The second-order valence-corrected chi connectivity index (χ2v) is 8.61. The lowest BCUT2D eigenvalue weighted by Crippen LogP contribution is -2.12. The quantitative estimate of drug-likeness (QED) is 0.524. The Labute approximate surface area is 177 Å². The summed E-state index contributed by atoms with van der Waals surface area (Å²) < 4.78 is 7.25. The monoisotopic (exact) mass is 433 g/mol. The number of benzene rings is 2. The number of esters is 1. The van der Waals surface area contributed by atoms with Crippen molar-refractivity contribution in [3.63, 3.8) is 0 Å². The van der Waals surface area contributed by atoms with Crippen LogP contribution in [0, 0.1) is 0 Å². The number of aromatic nitrogens is 3. The Morgan fingerprint density at radius 1 is 1.18 bits per heavy atom. The highest BCUT2D eigenvalue weighted by molar-refractivity contribution is 8.00. The van der Waals surface area contributed by atoms with Crippen LogP contribution in [0.3, 0.4) is 0 Å². The third-order valence-corrected chi connectivity index (χ3v) is 6.18. The van der Waals surface area contributed by atoms with Gasteiger partial charge in [-0.3, -0.25) is 9.36 Å². The van der Waals surface area contributed by atoms with Crippen LogP contribution in [-0.2, 0) is 16.1 Å². The summed E-state index contributed by atoms with van der Waals surface area (Å²) in [4.78, 5) is 12.1. The molecule has 1 fully saturated rings. The Hall–Kier alpha value is -2.02. The van der Waals surface area contributed by atoms with Crippen molar-refractivity contribution < 1.29 is 9.53 Å². The van der Waals surface area contributed by atoms with Crippen LogP contribution in [0.25, 0.3) is 11.4 Å². The molecule has 0 unspecified atom stereocenters. The Bertz CT molecular complexity index is 1010. The fraction of sp³-hybridized carbons (Fsp3) is 0.250. The third-order valence-electron chi connectivity index (χ3n) is 4.45. The number of hydrogen-bond acceptors (Lipinski definition) is 5. The van der Waals surface area contributed by atoms with Crippen LogP contribution in [0.15, 0.2) is 53.7 Å². The van der Waals surface area contributed by atoms with E-state index in [1.165, 1.54) is 11.8 Å². The molecule has 2 aromatic carbocycles. The van der Waals surface area contributed by atoms with Crippen molar-refractivity contribution in [2.75, 3.05) is 0 Å². The number of hydrogen-bond donors (Lipinski definition) is 0. The molecule has 0 bridgehead atoms. The van der Waals surface area contributed by atoms with Crippen molar-refractivity contribution >= 4 is 40.9 Å². The van der Waals surface area contributed by atoms with Crippen LogP contribution in [0.1, 0.15) is 18.9 Å². The van der Waals surface area contributed by atoms with E-state index in [-0.39, 0.29) is 17.3 Å². The molecule has 1 saturated heterocycles. The SMILES string of the molecule is C[C@@H]1C[C@H](Sc2nnc(-c3ccc(Cl)cc3Cl)n2Cc2ccccc2)C(=O)O1. The van der Waals surface area contributed by atoms with Gasteiger partial charge in [-0.15, -0.1) is 10.2 Å². The third kappa shape index (κ3) is 4.04. The van der Waals surface area contributed by atoms with Crippen LogP contribution in [-0.4, -0.2) is 32.1 Å². The van der Waals surface area contributed by atoms with Gasteiger partial charge >= 0.3 is 5.97 Å². The number of nitrogens with zero attached hydrogens (tertiary/aromatic N) is 3. The predicted molar refractivity (Wildman–Crippen MR) is 111 cm³/mol. The lowest BCUT2D eigenvalue weighted by Gasteiger charge is -2.12. The number of halogens is 2. The van der Waals surface area contributed by atoms with Gasteiger partial charge < -0.3 is 4.74 Å². The van der Waals surface area contributed by atoms with Gasteiger partial charge in [-0.1, -0.05) is 65.3 Å². The average molecular weight is 434 g/mol. The van der Waals surface area contributed by atoms with Gasteiger partial charge in [0.05, 0.1) is 11.6 Å². The molecule has 2 heterocycles.